The molecule has 9 nitrogen and oxygen atoms in total. The summed E-state index contributed by atoms with van der Waals surface area (Å²) in [5.74, 6) is -0.660. The summed E-state index contributed by atoms with van der Waals surface area (Å²) in [6.45, 7) is 3.99. The number of carbonyl (C=O) groups is 1. The van der Waals surface area contributed by atoms with E-state index in [0.29, 0.717) is 17.1 Å². The van der Waals surface area contributed by atoms with Gasteiger partial charge in [0.25, 0.3) is 22.5 Å². The summed E-state index contributed by atoms with van der Waals surface area (Å²) >= 11 is -4.75. The first-order valence-corrected chi connectivity index (χ1v) is 13.8. The molecule has 3 N–H and O–H groups in total. The van der Waals surface area contributed by atoms with E-state index >= 15 is 0 Å². The number of rotatable bonds is 10. The number of benzene rings is 4. The van der Waals surface area contributed by atoms with Crippen molar-refractivity contribution in [3.63, 3.8) is 0 Å². The fourth-order valence-corrected chi connectivity index (χ4v) is 5.02. The maximum absolute atomic E-state index is 12.2. The average molecular weight is 567 g/mol. The number of hydrogen-bond donors (Lipinski definition) is 3. The third-order valence-corrected chi connectivity index (χ3v) is 7.27. The van der Waals surface area contributed by atoms with Gasteiger partial charge < -0.3 is 9.84 Å². The Morgan fingerprint density at radius 1 is 0.744 bits per heavy atom. The van der Waals surface area contributed by atoms with Gasteiger partial charge in [0.15, 0.2) is 0 Å². The standard InChI is InChI=1S/C28H26N2O7S2/c1-19-3-9-22(10-4-19)29(38(33)34)18-21-7-13-24(14-8-21)37-25-15-16-27(26(17-25)28(31)32)30(39(35)36)23-11-5-20(2)6-12-23/h3-17H,18H2,1-2H3,(H,31,32)(H,33,34)(H,35,36). The largest absolute Gasteiger partial charge is 0.478 e. The van der Waals surface area contributed by atoms with Crippen molar-refractivity contribution in [1.29, 1.82) is 0 Å². The Balaban J connectivity index is 1.55. The van der Waals surface area contributed by atoms with E-state index in [0.717, 1.165) is 21.0 Å². The van der Waals surface area contributed by atoms with Gasteiger partial charge in [-0.15, -0.1) is 0 Å². The van der Waals surface area contributed by atoms with Gasteiger partial charge in [0.2, 0.25) is 0 Å². The Hall–Kier alpha value is -4.03. The number of aryl methyl sites for hydroxylation is 2. The van der Waals surface area contributed by atoms with E-state index in [9.17, 15) is 27.4 Å². The van der Waals surface area contributed by atoms with Gasteiger partial charge in [0, 0.05) is 0 Å². The minimum atomic E-state index is -2.52. The molecule has 0 saturated carbocycles. The zero-order valence-electron chi connectivity index (χ0n) is 21.1. The van der Waals surface area contributed by atoms with Crippen LogP contribution in [-0.4, -0.2) is 28.6 Å². The molecule has 4 aromatic rings. The molecule has 0 bridgehead atoms. The van der Waals surface area contributed by atoms with Crippen LogP contribution in [0.1, 0.15) is 27.0 Å². The Labute approximate surface area is 231 Å². The monoisotopic (exact) mass is 566 g/mol. The van der Waals surface area contributed by atoms with E-state index in [4.69, 9.17) is 4.74 Å². The van der Waals surface area contributed by atoms with Crippen LogP contribution < -0.4 is 13.3 Å². The normalized spacial score (nSPS) is 12.4. The van der Waals surface area contributed by atoms with Crippen molar-refractivity contribution in [2.45, 2.75) is 20.4 Å². The van der Waals surface area contributed by atoms with E-state index in [1.807, 2.05) is 26.0 Å². The van der Waals surface area contributed by atoms with Crippen LogP contribution in [0.15, 0.2) is 91.0 Å². The maximum atomic E-state index is 12.2. The molecule has 0 aliphatic heterocycles. The molecular formula is C28H26N2O7S2. The lowest BCUT2D eigenvalue weighted by molar-refractivity contribution is 0.0697. The highest BCUT2D eigenvalue weighted by atomic mass is 32.2. The van der Waals surface area contributed by atoms with E-state index in [1.54, 1.807) is 60.7 Å². The molecule has 2 atom stereocenters. The van der Waals surface area contributed by atoms with Crippen molar-refractivity contribution in [2.24, 2.45) is 0 Å². The van der Waals surface area contributed by atoms with E-state index in [-0.39, 0.29) is 23.5 Å². The highest BCUT2D eigenvalue weighted by Gasteiger charge is 2.23. The third-order valence-electron chi connectivity index (χ3n) is 5.84. The number of carboxylic acids is 1. The van der Waals surface area contributed by atoms with Gasteiger partial charge in [-0.2, -0.15) is 0 Å². The predicted octanol–water partition coefficient (Wildman–Crippen LogP) is 6.21. The first kappa shape index (κ1) is 28.0. The second-order valence-corrected chi connectivity index (χ2v) is 10.4. The van der Waals surface area contributed by atoms with Crippen molar-refractivity contribution in [2.75, 3.05) is 8.61 Å². The number of nitrogens with zero attached hydrogens (tertiary/aromatic N) is 2. The summed E-state index contributed by atoms with van der Waals surface area (Å²) in [7, 11) is 0. The van der Waals surface area contributed by atoms with Crippen molar-refractivity contribution in [3.8, 4) is 11.5 Å². The van der Waals surface area contributed by atoms with Gasteiger partial charge in [-0.3, -0.25) is 13.4 Å². The lowest BCUT2D eigenvalue weighted by Gasteiger charge is -2.22. The molecule has 0 spiro atoms. The Morgan fingerprint density at radius 3 is 1.79 bits per heavy atom. The molecule has 11 heteroatoms. The third kappa shape index (κ3) is 6.89. The summed E-state index contributed by atoms with van der Waals surface area (Å²) in [5, 5.41) is 9.84. The molecule has 202 valence electrons. The van der Waals surface area contributed by atoms with E-state index in [2.05, 4.69) is 0 Å². The van der Waals surface area contributed by atoms with Crippen molar-refractivity contribution in [3.05, 3.63) is 113 Å². The molecule has 4 aromatic carbocycles. The van der Waals surface area contributed by atoms with Crippen molar-refractivity contribution < 1.29 is 32.2 Å². The highest BCUT2D eigenvalue weighted by molar-refractivity contribution is 7.81. The molecule has 0 aromatic heterocycles. The number of aromatic carboxylic acids is 1. The quantitative estimate of drug-likeness (QED) is 0.195. The molecule has 0 saturated heterocycles. The SMILES string of the molecule is Cc1ccc(N(Cc2ccc(Oc3ccc(N(c4ccc(C)cc4)S(=O)O)c(C(=O)O)c3)cc2)S(=O)O)cc1. The van der Waals surface area contributed by atoms with Crippen molar-refractivity contribution in [1.82, 2.24) is 0 Å². The van der Waals surface area contributed by atoms with Crippen molar-refractivity contribution >= 4 is 45.6 Å². The molecule has 0 aliphatic carbocycles. The van der Waals surface area contributed by atoms with Gasteiger partial charge in [0.1, 0.15) is 11.5 Å². The molecule has 0 heterocycles. The zero-order chi connectivity index (χ0) is 28.1. The molecule has 39 heavy (non-hydrogen) atoms. The number of ether oxygens (including phenoxy) is 1. The van der Waals surface area contributed by atoms with Gasteiger partial charge in [-0.1, -0.05) is 47.5 Å². The van der Waals surface area contributed by atoms with Crippen LogP contribution in [0.5, 0.6) is 11.5 Å². The van der Waals surface area contributed by atoms with Crippen LogP contribution in [-0.2, 0) is 29.1 Å². The molecule has 0 fully saturated rings. The van der Waals surface area contributed by atoms with Gasteiger partial charge >= 0.3 is 5.97 Å². The summed E-state index contributed by atoms with van der Waals surface area (Å²) in [4.78, 5) is 12.1. The van der Waals surface area contributed by atoms with E-state index in [1.165, 1.54) is 22.5 Å². The fraction of sp³-hybridized carbons (Fsp3) is 0.107. The smallest absolute Gasteiger partial charge is 0.337 e. The Morgan fingerprint density at radius 2 is 1.28 bits per heavy atom. The van der Waals surface area contributed by atoms with Crippen LogP contribution in [0.2, 0.25) is 0 Å². The number of carboxylic acid groups (broad SMARTS) is 1. The average Bonchev–Trinajstić information content (AvgIpc) is 2.90. The van der Waals surface area contributed by atoms with Crippen LogP contribution in [0.4, 0.5) is 17.1 Å². The van der Waals surface area contributed by atoms with Gasteiger partial charge in [-0.05, 0) is 74.0 Å². The van der Waals surface area contributed by atoms with Gasteiger partial charge in [-0.25, -0.2) is 17.5 Å². The Kier molecular flexibility index (Phi) is 8.77. The zero-order valence-corrected chi connectivity index (χ0v) is 22.7. The van der Waals surface area contributed by atoms with Crippen LogP contribution in [0.3, 0.4) is 0 Å². The van der Waals surface area contributed by atoms with E-state index < -0.39 is 28.5 Å². The molecule has 4 rings (SSSR count). The molecular weight excluding hydrogens is 540 g/mol. The fourth-order valence-electron chi connectivity index (χ4n) is 3.83. The van der Waals surface area contributed by atoms with Crippen LogP contribution in [0.25, 0.3) is 0 Å². The van der Waals surface area contributed by atoms with Crippen LogP contribution >= 0.6 is 0 Å². The minimum Gasteiger partial charge on any atom is -0.478 e. The molecule has 0 radical (unpaired) electrons. The first-order valence-electron chi connectivity index (χ1n) is 11.7. The minimum absolute atomic E-state index is 0.0306. The lowest BCUT2D eigenvalue weighted by Crippen LogP contribution is -2.24. The summed E-state index contributed by atoms with van der Waals surface area (Å²) in [6, 6.07) is 25.1. The summed E-state index contributed by atoms with van der Waals surface area (Å²) in [6.07, 6.45) is 0. The van der Waals surface area contributed by atoms with Gasteiger partial charge in [0.05, 0.1) is 29.2 Å². The Bertz CT molecular complexity index is 1510. The second-order valence-electron chi connectivity index (χ2n) is 8.69. The molecule has 0 amide bonds. The molecule has 0 aliphatic rings. The predicted molar refractivity (Wildman–Crippen MR) is 152 cm³/mol. The molecule has 2 unspecified atom stereocenters. The maximum Gasteiger partial charge on any atom is 0.337 e. The second kappa shape index (κ2) is 12.2. The lowest BCUT2D eigenvalue weighted by atomic mass is 10.1. The topological polar surface area (TPSA) is 128 Å². The number of hydrogen-bond acceptors (Lipinski definition) is 4. The van der Waals surface area contributed by atoms with Crippen LogP contribution in [0, 0.1) is 13.8 Å². The summed E-state index contributed by atoms with van der Waals surface area (Å²) < 4.78 is 52.0. The highest BCUT2D eigenvalue weighted by Crippen LogP contribution is 2.34. The number of anilines is 3. The summed E-state index contributed by atoms with van der Waals surface area (Å²) in [5.41, 5.74) is 3.52. The first-order chi connectivity index (χ1) is 18.6.